The monoisotopic (exact) mass is 264 g/mol. The molecule has 19 heavy (non-hydrogen) atoms. The summed E-state index contributed by atoms with van der Waals surface area (Å²) in [6.07, 6.45) is 1.85. The van der Waals surface area contributed by atoms with Gasteiger partial charge >= 0.3 is 0 Å². The van der Waals surface area contributed by atoms with Crippen LogP contribution in [-0.2, 0) is 11.2 Å². The first kappa shape index (κ1) is 14.2. The lowest BCUT2D eigenvalue weighted by atomic mass is 9.96. The summed E-state index contributed by atoms with van der Waals surface area (Å²) in [4.78, 5) is 0. The Morgan fingerprint density at radius 3 is 2.37 bits per heavy atom. The zero-order chi connectivity index (χ0) is 13.8. The lowest BCUT2D eigenvalue weighted by Gasteiger charge is -2.14. The number of epoxide rings is 1. The summed E-state index contributed by atoms with van der Waals surface area (Å²) in [5.41, 5.74) is 1.28. The van der Waals surface area contributed by atoms with Crippen molar-refractivity contribution in [2.45, 2.75) is 46.3 Å². The van der Waals surface area contributed by atoms with Crippen LogP contribution in [0.15, 0.2) is 18.2 Å². The van der Waals surface area contributed by atoms with Gasteiger partial charge in [-0.15, -0.1) is 0 Å². The first-order valence-corrected chi connectivity index (χ1v) is 7.19. The summed E-state index contributed by atoms with van der Waals surface area (Å²) in [7, 11) is 0. The molecule has 1 saturated heterocycles. The highest BCUT2D eigenvalue weighted by Crippen LogP contribution is 2.33. The average Bonchev–Trinajstić information content (AvgIpc) is 3.10. The van der Waals surface area contributed by atoms with E-state index in [0.29, 0.717) is 31.3 Å². The third-order valence-electron chi connectivity index (χ3n) is 3.48. The molecule has 106 valence electrons. The van der Waals surface area contributed by atoms with E-state index in [1.807, 2.05) is 19.9 Å². The molecule has 3 heteroatoms. The maximum Gasteiger partial charge on any atom is 0.161 e. The van der Waals surface area contributed by atoms with Gasteiger partial charge in [0.15, 0.2) is 11.5 Å². The van der Waals surface area contributed by atoms with Crippen LogP contribution in [0.2, 0.25) is 0 Å². The van der Waals surface area contributed by atoms with E-state index >= 15 is 0 Å². The van der Waals surface area contributed by atoms with E-state index in [4.69, 9.17) is 14.2 Å². The Morgan fingerprint density at radius 1 is 1.16 bits per heavy atom. The molecule has 0 radical (unpaired) electrons. The number of ether oxygens (including phenoxy) is 3. The molecule has 0 spiro atoms. The maximum atomic E-state index is 5.65. The summed E-state index contributed by atoms with van der Waals surface area (Å²) in [6.45, 7) is 9.66. The normalized spacial score (nSPS) is 22.9. The molecule has 1 aliphatic rings. The molecule has 0 bridgehead atoms. The Morgan fingerprint density at radius 2 is 1.79 bits per heavy atom. The van der Waals surface area contributed by atoms with Crippen LogP contribution in [0.5, 0.6) is 11.5 Å². The van der Waals surface area contributed by atoms with Gasteiger partial charge in [0, 0.05) is 0 Å². The summed E-state index contributed by atoms with van der Waals surface area (Å²) < 4.78 is 16.8. The number of hydrogen-bond donors (Lipinski definition) is 0. The number of benzene rings is 1. The van der Waals surface area contributed by atoms with Crippen LogP contribution in [0.1, 0.15) is 33.3 Å². The molecular formula is C16H24O3. The van der Waals surface area contributed by atoms with Crippen LogP contribution in [-0.4, -0.2) is 25.4 Å². The Balaban J connectivity index is 2.06. The van der Waals surface area contributed by atoms with Crippen molar-refractivity contribution in [3.05, 3.63) is 23.8 Å². The lowest BCUT2D eigenvalue weighted by Crippen LogP contribution is -2.09. The minimum atomic E-state index is 0.419. The zero-order valence-electron chi connectivity index (χ0n) is 12.3. The van der Waals surface area contributed by atoms with Gasteiger partial charge in [-0.3, -0.25) is 0 Å². The molecule has 0 amide bonds. The summed E-state index contributed by atoms with van der Waals surface area (Å²) >= 11 is 0. The van der Waals surface area contributed by atoms with E-state index in [-0.39, 0.29) is 0 Å². The predicted octanol–water partition coefficient (Wildman–Crippen LogP) is 3.45. The van der Waals surface area contributed by atoms with E-state index in [2.05, 4.69) is 26.0 Å². The molecule has 3 unspecified atom stereocenters. The van der Waals surface area contributed by atoms with Crippen LogP contribution in [0.4, 0.5) is 0 Å². The van der Waals surface area contributed by atoms with Crippen molar-refractivity contribution in [1.29, 1.82) is 0 Å². The molecule has 1 heterocycles. The van der Waals surface area contributed by atoms with Crippen molar-refractivity contribution < 1.29 is 14.2 Å². The molecule has 0 saturated carbocycles. The highest BCUT2D eigenvalue weighted by atomic mass is 16.6. The standard InChI is InChI=1S/C16H24O3/c1-5-17-14-8-7-13(10-15(14)18-6-2)9-11(3)16-12(4)19-16/h7-8,10-12,16H,5-6,9H2,1-4H3. The van der Waals surface area contributed by atoms with Gasteiger partial charge in [-0.2, -0.15) is 0 Å². The molecule has 1 aliphatic heterocycles. The fourth-order valence-electron chi connectivity index (χ4n) is 2.51. The van der Waals surface area contributed by atoms with Crippen molar-refractivity contribution in [1.82, 2.24) is 0 Å². The van der Waals surface area contributed by atoms with E-state index < -0.39 is 0 Å². The molecule has 1 aromatic carbocycles. The fraction of sp³-hybridized carbons (Fsp3) is 0.625. The maximum absolute atomic E-state index is 5.65. The first-order valence-electron chi connectivity index (χ1n) is 7.19. The van der Waals surface area contributed by atoms with E-state index in [1.54, 1.807) is 0 Å². The molecule has 3 atom stereocenters. The van der Waals surface area contributed by atoms with Gasteiger partial charge in [-0.25, -0.2) is 0 Å². The minimum absolute atomic E-state index is 0.419. The van der Waals surface area contributed by atoms with E-state index in [9.17, 15) is 0 Å². The topological polar surface area (TPSA) is 31.0 Å². The highest BCUT2D eigenvalue weighted by Gasteiger charge is 2.38. The summed E-state index contributed by atoms with van der Waals surface area (Å²) in [6, 6.07) is 6.23. The quantitative estimate of drug-likeness (QED) is 0.707. The summed E-state index contributed by atoms with van der Waals surface area (Å²) in [5.74, 6) is 2.22. The van der Waals surface area contributed by atoms with Crippen molar-refractivity contribution in [2.75, 3.05) is 13.2 Å². The molecular weight excluding hydrogens is 240 g/mol. The number of rotatable bonds is 7. The van der Waals surface area contributed by atoms with Crippen LogP contribution in [0, 0.1) is 5.92 Å². The third kappa shape index (κ3) is 3.63. The van der Waals surface area contributed by atoms with Crippen molar-refractivity contribution in [3.8, 4) is 11.5 Å². The van der Waals surface area contributed by atoms with Crippen LogP contribution in [0.25, 0.3) is 0 Å². The molecule has 0 N–H and O–H groups in total. The Labute approximate surface area is 115 Å². The second-order valence-electron chi connectivity index (χ2n) is 5.13. The van der Waals surface area contributed by atoms with Gasteiger partial charge in [0.2, 0.25) is 0 Å². The molecule has 0 aliphatic carbocycles. The fourth-order valence-corrected chi connectivity index (χ4v) is 2.51. The van der Waals surface area contributed by atoms with Crippen LogP contribution >= 0.6 is 0 Å². The molecule has 1 aromatic rings. The molecule has 1 fully saturated rings. The Hall–Kier alpha value is -1.22. The van der Waals surface area contributed by atoms with Gasteiger partial charge in [0.25, 0.3) is 0 Å². The zero-order valence-corrected chi connectivity index (χ0v) is 12.3. The van der Waals surface area contributed by atoms with Gasteiger partial charge < -0.3 is 14.2 Å². The second kappa shape index (κ2) is 6.29. The van der Waals surface area contributed by atoms with Gasteiger partial charge in [-0.05, 0) is 50.8 Å². The minimum Gasteiger partial charge on any atom is -0.490 e. The lowest BCUT2D eigenvalue weighted by molar-refractivity contribution is 0.287. The van der Waals surface area contributed by atoms with Gasteiger partial charge in [-0.1, -0.05) is 13.0 Å². The van der Waals surface area contributed by atoms with Gasteiger partial charge in [0.1, 0.15) is 0 Å². The smallest absolute Gasteiger partial charge is 0.161 e. The van der Waals surface area contributed by atoms with Crippen molar-refractivity contribution in [3.63, 3.8) is 0 Å². The van der Waals surface area contributed by atoms with E-state index in [1.165, 1.54) is 5.56 Å². The predicted molar refractivity (Wildman–Crippen MR) is 76.0 cm³/mol. The summed E-state index contributed by atoms with van der Waals surface area (Å²) in [5, 5.41) is 0. The first-order chi connectivity index (χ1) is 9.15. The SMILES string of the molecule is CCOc1ccc(CC(C)C2OC2C)cc1OCC. The largest absolute Gasteiger partial charge is 0.490 e. The van der Waals surface area contributed by atoms with Crippen LogP contribution < -0.4 is 9.47 Å². The molecule has 3 nitrogen and oxygen atoms in total. The third-order valence-corrected chi connectivity index (χ3v) is 3.48. The highest BCUT2D eigenvalue weighted by molar-refractivity contribution is 5.43. The average molecular weight is 264 g/mol. The van der Waals surface area contributed by atoms with Crippen molar-refractivity contribution in [2.24, 2.45) is 5.92 Å². The molecule has 0 aromatic heterocycles. The molecule has 2 rings (SSSR count). The Kier molecular flexibility index (Phi) is 4.70. The second-order valence-corrected chi connectivity index (χ2v) is 5.13. The van der Waals surface area contributed by atoms with Crippen molar-refractivity contribution >= 4 is 0 Å². The number of hydrogen-bond acceptors (Lipinski definition) is 3. The Bertz CT molecular complexity index is 416. The van der Waals surface area contributed by atoms with Crippen LogP contribution in [0.3, 0.4) is 0 Å². The van der Waals surface area contributed by atoms with E-state index in [0.717, 1.165) is 17.9 Å². The van der Waals surface area contributed by atoms with Gasteiger partial charge in [0.05, 0.1) is 25.4 Å².